The summed E-state index contributed by atoms with van der Waals surface area (Å²) in [6.45, 7) is 8.63. The lowest BCUT2D eigenvalue weighted by molar-refractivity contribution is 0.0264. The number of nitrogens with zero attached hydrogens (tertiary/aromatic N) is 3. The zero-order valence-electron chi connectivity index (χ0n) is 15.6. The Kier molecular flexibility index (Phi) is 11.2. The topological polar surface area (TPSA) is 78.8 Å². The molecule has 1 aromatic heterocycles. The molecular weight excluding hydrogens is 445 g/mol. The third kappa shape index (κ3) is 7.45. The summed E-state index contributed by atoms with van der Waals surface area (Å²) in [6.07, 6.45) is 5.62. The maximum Gasteiger partial charge on any atom is 0.252 e. The number of ether oxygens (including phenoxy) is 1. The summed E-state index contributed by atoms with van der Waals surface area (Å²) in [7, 11) is 0. The second-order valence-corrected chi connectivity index (χ2v) is 5.88. The largest absolute Gasteiger partial charge is 0.378 e. The first kappa shape index (κ1) is 22.6. The van der Waals surface area contributed by atoms with Crippen LogP contribution in [0.1, 0.15) is 37.0 Å². The highest BCUT2D eigenvalue weighted by molar-refractivity contribution is 14.0. The van der Waals surface area contributed by atoms with Gasteiger partial charge in [0.15, 0.2) is 5.96 Å². The van der Waals surface area contributed by atoms with Gasteiger partial charge in [-0.25, -0.2) is 0 Å². The molecule has 0 saturated carbocycles. The number of pyridine rings is 1. The Morgan fingerprint density at radius 1 is 1.35 bits per heavy atom. The number of likely N-dealkylation sites (tertiary alicyclic amines) is 1. The molecule has 0 radical (unpaired) electrons. The Bertz CT molecular complexity index is 548. The zero-order chi connectivity index (χ0) is 17.9. The maximum atomic E-state index is 12.0. The summed E-state index contributed by atoms with van der Waals surface area (Å²) in [5.74, 6) is 0.791. The van der Waals surface area contributed by atoms with Crippen LogP contribution in [0.4, 0.5) is 0 Å². The van der Waals surface area contributed by atoms with Gasteiger partial charge in [0.1, 0.15) is 0 Å². The van der Waals surface area contributed by atoms with Crippen molar-refractivity contribution in [3.63, 3.8) is 0 Å². The predicted molar refractivity (Wildman–Crippen MR) is 114 cm³/mol. The summed E-state index contributed by atoms with van der Waals surface area (Å²) in [4.78, 5) is 22.8. The van der Waals surface area contributed by atoms with Gasteiger partial charge in [0.05, 0.1) is 18.2 Å². The van der Waals surface area contributed by atoms with Gasteiger partial charge in [0, 0.05) is 45.2 Å². The number of hydrogen-bond donors (Lipinski definition) is 2. The Balaban J connectivity index is 0.00000338. The van der Waals surface area contributed by atoms with Crippen LogP contribution in [0.15, 0.2) is 29.5 Å². The first-order chi connectivity index (χ1) is 12.2. The first-order valence-corrected chi connectivity index (χ1v) is 9.07. The van der Waals surface area contributed by atoms with Crippen molar-refractivity contribution in [1.29, 1.82) is 0 Å². The molecule has 0 bridgehead atoms. The highest BCUT2D eigenvalue weighted by Gasteiger charge is 2.21. The number of guanidine groups is 1. The first-order valence-electron chi connectivity index (χ1n) is 9.07. The van der Waals surface area contributed by atoms with E-state index in [2.05, 4.69) is 32.4 Å². The Morgan fingerprint density at radius 3 is 2.73 bits per heavy atom. The molecule has 0 atom stereocenters. The maximum absolute atomic E-state index is 12.0. The van der Waals surface area contributed by atoms with Crippen molar-refractivity contribution in [2.24, 2.45) is 4.99 Å². The number of hydrogen-bond acceptors (Lipinski definition) is 4. The van der Waals surface area contributed by atoms with Crippen molar-refractivity contribution in [1.82, 2.24) is 20.5 Å². The third-order valence-electron chi connectivity index (χ3n) is 4.06. The average Bonchev–Trinajstić information content (AvgIpc) is 2.66. The molecule has 26 heavy (non-hydrogen) atoms. The number of piperidine rings is 1. The van der Waals surface area contributed by atoms with Gasteiger partial charge < -0.3 is 20.3 Å². The highest BCUT2D eigenvalue weighted by Crippen LogP contribution is 2.13. The molecule has 7 nitrogen and oxygen atoms in total. The van der Waals surface area contributed by atoms with E-state index < -0.39 is 0 Å². The van der Waals surface area contributed by atoms with Crippen LogP contribution >= 0.6 is 24.0 Å². The van der Waals surface area contributed by atoms with Gasteiger partial charge in [-0.2, -0.15) is 0 Å². The molecule has 0 spiro atoms. The number of carbonyl (C=O) groups is 1. The molecule has 1 aromatic rings. The second-order valence-electron chi connectivity index (χ2n) is 5.88. The molecule has 1 saturated heterocycles. The number of rotatable bonds is 7. The molecule has 2 heterocycles. The molecule has 8 heteroatoms. The van der Waals surface area contributed by atoms with Gasteiger partial charge in [0.25, 0.3) is 5.91 Å². The van der Waals surface area contributed by atoms with Crippen LogP contribution < -0.4 is 10.6 Å². The molecule has 2 N–H and O–H groups in total. The third-order valence-corrected chi connectivity index (χ3v) is 4.06. The number of aliphatic imine (C=N–C) groups is 1. The number of aromatic nitrogens is 1. The van der Waals surface area contributed by atoms with Crippen LogP contribution in [0.25, 0.3) is 0 Å². The summed E-state index contributed by atoms with van der Waals surface area (Å²) < 4.78 is 5.70. The van der Waals surface area contributed by atoms with Gasteiger partial charge in [-0.15, -0.1) is 24.0 Å². The fourth-order valence-corrected chi connectivity index (χ4v) is 2.83. The van der Waals surface area contributed by atoms with E-state index in [1.54, 1.807) is 24.5 Å². The van der Waals surface area contributed by atoms with Gasteiger partial charge in [0.2, 0.25) is 0 Å². The van der Waals surface area contributed by atoms with E-state index in [1.165, 1.54) is 0 Å². The van der Waals surface area contributed by atoms with Crippen molar-refractivity contribution in [2.45, 2.75) is 32.8 Å². The van der Waals surface area contributed by atoms with E-state index in [0.717, 1.165) is 45.0 Å². The minimum absolute atomic E-state index is 0. The van der Waals surface area contributed by atoms with Crippen molar-refractivity contribution >= 4 is 35.8 Å². The van der Waals surface area contributed by atoms with Crippen LogP contribution in [0.5, 0.6) is 0 Å². The van der Waals surface area contributed by atoms with Crippen LogP contribution in [-0.4, -0.2) is 67.2 Å². The minimum atomic E-state index is -0.120. The van der Waals surface area contributed by atoms with Crippen LogP contribution in [0.3, 0.4) is 0 Å². The van der Waals surface area contributed by atoms with Gasteiger partial charge in [-0.3, -0.25) is 14.8 Å². The van der Waals surface area contributed by atoms with Crippen molar-refractivity contribution in [3.8, 4) is 0 Å². The summed E-state index contributed by atoms with van der Waals surface area (Å²) in [6, 6.07) is 3.50. The molecule has 1 amide bonds. The van der Waals surface area contributed by atoms with E-state index in [1.807, 2.05) is 6.92 Å². The quantitative estimate of drug-likeness (QED) is 0.273. The van der Waals surface area contributed by atoms with Crippen LogP contribution in [0.2, 0.25) is 0 Å². The number of nitrogens with one attached hydrogen (secondary N) is 2. The van der Waals surface area contributed by atoms with E-state index in [0.29, 0.717) is 24.8 Å². The lowest BCUT2D eigenvalue weighted by Gasteiger charge is -2.34. The van der Waals surface area contributed by atoms with E-state index in [-0.39, 0.29) is 29.9 Å². The molecule has 146 valence electrons. The van der Waals surface area contributed by atoms with Crippen LogP contribution in [-0.2, 0) is 4.74 Å². The summed E-state index contributed by atoms with van der Waals surface area (Å²) in [5, 5.41) is 6.20. The smallest absolute Gasteiger partial charge is 0.252 e. The fourth-order valence-electron chi connectivity index (χ4n) is 2.83. The Morgan fingerprint density at radius 2 is 2.12 bits per heavy atom. The molecule has 0 aliphatic carbocycles. The molecule has 1 fully saturated rings. The van der Waals surface area contributed by atoms with Gasteiger partial charge in [-0.1, -0.05) is 0 Å². The second kappa shape index (κ2) is 12.9. The summed E-state index contributed by atoms with van der Waals surface area (Å²) in [5.41, 5.74) is 0.566. The predicted octanol–water partition coefficient (Wildman–Crippen LogP) is 1.90. The molecule has 0 aromatic carbocycles. The van der Waals surface area contributed by atoms with Gasteiger partial charge >= 0.3 is 0 Å². The van der Waals surface area contributed by atoms with Crippen molar-refractivity contribution in [2.75, 3.05) is 39.3 Å². The number of carbonyl (C=O) groups excluding carboxylic acids is 1. The lowest BCUT2D eigenvalue weighted by Crippen LogP contribution is -2.47. The van der Waals surface area contributed by atoms with E-state index in [4.69, 9.17) is 4.74 Å². The van der Waals surface area contributed by atoms with E-state index in [9.17, 15) is 4.79 Å². The normalized spacial score (nSPS) is 15.3. The standard InChI is InChI=1S/C18H29N5O2.HI/c1-3-20-18(23-12-7-16(8-13-23)25-4-2)22-11-10-21-17(24)15-6-5-9-19-14-15;/h5-6,9,14,16H,3-4,7-8,10-13H2,1-2H3,(H,20,22)(H,21,24);1H. The molecule has 2 rings (SSSR count). The molecule has 1 aliphatic rings. The number of amides is 1. The number of halogens is 1. The highest BCUT2D eigenvalue weighted by atomic mass is 127. The SMILES string of the molecule is CCNC(=NCCNC(=O)c1cccnc1)N1CCC(OCC)CC1.I. The zero-order valence-corrected chi connectivity index (χ0v) is 17.9. The molecule has 1 aliphatic heterocycles. The van der Waals surface area contributed by atoms with Crippen molar-refractivity contribution < 1.29 is 9.53 Å². The van der Waals surface area contributed by atoms with Gasteiger partial charge in [-0.05, 0) is 38.8 Å². The summed E-state index contributed by atoms with van der Waals surface area (Å²) >= 11 is 0. The molecular formula is C18H30IN5O2. The average molecular weight is 475 g/mol. The fraction of sp³-hybridized carbons (Fsp3) is 0.611. The van der Waals surface area contributed by atoms with Crippen LogP contribution in [0, 0.1) is 0 Å². The van der Waals surface area contributed by atoms with E-state index >= 15 is 0 Å². The Labute approximate surface area is 173 Å². The monoisotopic (exact) mass is 475 g/mol. The molecule has 0 unspecified atom stereocenters. The Hall–Kier alpha value is -1.42. The van der Waals surface area contributed by atoms with Crippen molar-refractivity contribution in [3.05, 3.63) is 30.1 Å². The minimum Gasteiger partial charge on any atom is -0.378 e. The lowest BCUT2D eigenvalue weighted by atomic mass is 10.1.